The summed E-state index contributed by atoms with van der Waals surface area (Å²) in [7, 11) is -18.6. The lowest BCUT2D eigenvalue weighted by Gasteiger charge is -2.41. The Balaban J connectivity index is 1.13. The van der Waals surface area contributed by atoms with Crippen LogP contribution in [0.1, 0.15) is 70.1 Å². The van der Waals surface area contributed by atoms with Gasteiger partial charge in [-0.15, -0.1) is 0 Å². The van der Waals surface area contributed by atoms with Crippen LogP contribution in [0.5, 0.6) is 5.75 Å². The third-order valence-corrected chi connectivity index (χ3v) is 17.9. The number of nitrogens with zero attached hydrogens (tertiary/aromatic N) is 3. The second kappa shape index (κ2) is 17.9. The summed E-state index contributed by atoms with van der Waals surface area (Å²) in [6.45, 7) is 6.96. The molecule has 3 aromatic carbocycles. The van der Waals surface area contributed by atoms with Crippen LogP contribution in [-0.4, -0.2) is 122 Å². The molecule has 3 aliphatic heterocycles. The van der Waals surface area contributed by atoms with Gasteiger partial charge >= 0.3 is 0 Å². The number of fused-ring (bicyclic) bond motifs is 3. The summed E-state index contributed by atoms with van der Waals surface area (Å²) in [4.78, 5) is 38.5. The molecule has 3 aromatic rings. The normalized spacial score (nSPS) is 22.9. The van der Waals surface area contributed by atoms with Gasteiger partial charge in [-0.05, 0) is 105 Å². The first-order chi connectivity index (χ1) is 33.9. The van der Waals surface area contributed by atoms with E-state index in [1.54, 1.807) is 33.7 Å². The van der Waals surface area contributed by atoms with E-state index in [0.717, 1.165) is 22.1 Å². The fourth-order valence-electron chi connectivity index (χ4n) is 11.4. The first-order valence-corrected chi connectivity index (χ1v) is 29.3. The van der Waals surface area contributed by atoms with Crippen molar-refractivity contribution in [2.45, 2.75) is 80.4 Å². The maximum absolute atomic E-state index is 12.8. The minimum atomic E-state index is -4.92. The van der Waals surface area contributed by atoms with Crippen molar-refractivity contribution in [2.24, 2.45) is 11.3 Å². The molecular formula is C49H52N4O16S4. The van der Waals surface area contributed by atoms with Crippen molar-refractivity contribution in [2.75, 3.05) is 42.6 Å². The Morgan fingerprint density at radius 1 is 0.808 bits per heavy atom. The number of nitrogens with one attached hydrogen (secondary N) is 1. The topological polar surface area (TPSA) is 302 Å². The lowest BCUT2D eigenvalue weighted by molar-refractivity contribution is -0.432. The summed E-state index contributed by atoms with van der Waals surface area (Å²) in [5.74, 6) is -2.02. The standard InChI is InChI=1S/C49H52N4O16S4/c1-47(2)36-26-32(72(63,64)65)11-14-39(36)51(21-23-70(57,58)59)44(47)35-25-30-8-13-34(35)46(69-31-9-5-29(6-10-31)7-16-41(54)50-19-20-53-42(55)17-18-43(53)56)49(30)28-38(49)45-48(3,4)37-27-33(73(66,67)68)12-15-40(37)52(45)22-24-71(60,61)62/h5-6,9-12,14-15,17-18,25-27,30H,7-8,13,16,19-24,28H2,1-4H3,(H4-,50,54,57,58,59,60,61,62,63,64,65,66,67,68). The van der Waals surface area contributed by atoms with E-state index >= 15 is 0 Å². The molecule has 10 rings (SSSR count). The predicted octanol–water partition coefficient (Wildman–Crippen LogP) is 4.09. The van der Waals surface area contributed by atoms with Gasteiger partial charge in [0.25, 0.3) is 42.2 Å². The molecule has 2 atom stereocenters. The number of rotatable bonds is 17. The molecule has 0 radical (unpaired) electrons. The quantitative estimate of drug-likeness (QED) is 0.0841. The zero-order valence-electron chi connectivity index (χ0n) is 40.0. The van der Waals surface area contributed by atoms with Gasteiger partial charge in [-0.3, -0.25) is 32.9 Å². The molecule has 20 nitrogen and oxygen atoms in total. The van der Waals surface area contributed by atoms with E-state index in [-0.39, 0.29) is 49.3 Å². The van der Waals surface area contributed by atoms with Gasteiger partial charge in [0, 0.05) is 77.8 Å². The van der Waals surface area contributed by atoms with Gasteiger partial charge in [-0.1, -0.05) is 32.1 Å². The number of allylic oxidation sites excluding steroid dienone is 5. The molecule has 7 aliphatic rings. The van der Waals surface area contributed by atoms with Crippen LogP contribution < -0.4 is 15.0 Å². The van der Waals surface area contributed by atoms with E-state index < -0.39 is 84.9 Å². The van der Waals surface area contributed by atoms with Crippen LogP contribution in [0.4, 0.5) is 11.4 Å². The Kier molecular flexibility index (Phi) is 12.8. The van der Waals surface area contributed by atoms with Crippen LogP contribution in [0.3, 0.4) is 0 Å². The third kappa shape index (κ3) is 9.62. The minimum absolute atomic E-state index is 0.0267. The Bertz CT molecular complexity index is 3560. The molecule has 24 heteroatoms. The number of benzene rings is 3. The highest BCUT2D eigenvalue weighted by atomic mass is 32.2. The summed E-state index contributed by atoms with van der Waals surface area (Å²) < 4.78 is 150. The lowest BCUT2D eigenvalue weighted by Crippen LogP contribution is -2.40. The second-order valence-corrected chi connectivity index (χ2v) is 26.0. The Labute approximate surface area is 422 Å². The molecule has 3 amide bonds. The van der Waals surface area contributed by atoms with Crippen LogP contribution >= 0.6 is 0 Å². The minimum Gasteiger partial charge on any atom is -0.744 e. The van der Waals surface area contributed by atoms with Crippen molar-refractivity contribution in [3.8, 4) is 5.75 Å². The smallest absolute Gasteiger partial charge is 0.294 e. The Morgan fingerprint density at radius 2 is 1.45 bits per heavy atom. The first kappa shape index (κ1) is 52.0. The molecule has 4 aliphatic carbocycles. The number of ether oxygens (including phenoxy) is 1. The van der Waals surface area contributed by atoms with Gasteiger partial charge in [0.15, 0.2) is 12.3 Å². The maximum atomic E-state index is 12.8. The van der Waals surface area contributed by atoms with Gasteiger partial charge in [-0.25, -0.2) is 8.42 Å². The number of hydrogen-bond donors (Lipinski definition) is 4. The number of hydrogen-bond acceptors (Lipinski definition) is 14. The molecule has 1 fully saturated rings. The molecule has 4 N–H and O–H groups in total. The van der Waals surface area contributed by atoms with Crippen LogP contribution in [0.2, 0.25) is 0 Å². The van der Waals surface area contributed by atoms with Crippen molar-refractivity contribution < 1.29 is 75.6 Å². The Hall–Kier alpha value is -5.86. The molecule has 0 saturated heterocycles. The molecule has 0 aromatic heterocycles. The highest BCUT2D eigenvalue weighted by molar-refractivity contribution is 7.86. The van der Waals surface area contributed by atoms with Crippen LogP contribution in [0.15, 0.2) is 117 Å². The zero-order chi connectivity index (χ0) is 53.0. The largest absolute Gasteiger partial charge is 0.744 e. The van der Waals surface area contributed by atoms with Crippen molar-refractivity contribution in [3.05, 3.63) is 124 Å². The number of carbonyl (C=O) groups excluding carboxylic acids is 3. The zero-order valence-corrected chi connectivity index (χ0v) is 43.3. The summed E-state index contributed by atoms with van der Waals surface area (Å²) in [5, 5.41) is 2.73. The van der Waals surface area contributed by atoms with E-state index in [0.29, 0.717) is 82.2 Å². The Morgan fingerprint density at radius 3 is 2.08 bits per heavy atom. The fraction of sp³-hybridized carbons (Fsp3) is 0.388. The second-order valence-electron chi connectivity index (χ2n) is 20.0. The average Bonchev–Trinajstić information content (AvgIpc) is 3.76. The summed E-state index contributed by atoms with van der Waals surface area (Å²) in [6, 6.07) is 15.0. The van der Waals surface area contributed by atoms with Crippen molar-refractivity contribution >= 4 is 75.3 Å². The highest BCUT2D eigenvalue weighted by Gasteiger charge is 2.67. The van der Waals surface area contributed by atoms with Gasteiger partial charge in [-0.2, -0.15) is 29.8 Å². The van der Waals surface area contributed by atoms with Gasteiger partial charge in [0.1, 0.15) is 27.4 Å². The molecule has 2 bridgehead atoms. The molecule has 2 unspecified atom stereocenters. The molecule has 1 saturated carbocycles. The van der Waals surface area contributed by atoms with Gasteiger partial charge in [0.05, 0.1) is 26.4 Å². The highest BCUT2D eigenvalue weighted by Crippen LogP contribution is 2.73. The summed E-state index contributed by atoms with van der Waals surface area (Å²) >= 11 is 0. The number of aryl methyl sites for hydroxylation is 1. The van der Waals surface area contributed by atoms with Crippen LogP contribution in [0, 0.1) is 11.3 Å². The summed E-state index contributed by atoms with van der Waals surface area (Å²) in [5.41, 5.74) is 2.96. The van der Waals surface area contributed by atoms with E-state index in [1.807, 2.05) is 27.7 Å². The molecular weight excluding hydrogens is 1030 g/mol. The maximum Gasteiger partial charge on any atom is 0.294 e. The molecule has 388 valence electrons. The van der Waals surface area contributed by atoms with Crippen molar-refractivity contribution in [1.82, 2.24) is 10.2 Å². The monoisotopic (exact) mass is 1080 g/mol. The molecule has 1 spiro atoms. The van der Waals surface area contributed by atoms with Crippen molar-refractivity contribution in [3.63, 3.8) is 0 Å². The van der Waals surface area contributed by atoms with Crippen molar-refractivity contribution in [1.29, 1.82) is 0 Å². The predicted molar refractivity (Wildman–Crippen MR) is 263 cm³/mol. The third-order valence-electron chi connectivity index (χ3n) is 14.8. The number of carbonyl (C=O) groups is 3. The SMILES string of the molecule is CC1(C)C(=C2CC23C(Oc2ccc(CCC(=O)NCCN4C(=O)C=CC4=O)cc2)=C2CCC3C=C2C2=[N+](CCS(=O)(=O)O)c3ccc(S(=O)(=O)[O-])cc3C2(C)C)N(CCS(=O)(=O)O)c2ccc(S(=O)(=O)O)cc21. The van der Waals surface area contributed by atoms with Gasteiger partial charge < -0.3 is 19.5 Å². The lowest BCUT2D eigenvalue weighted by atomic mass is 9.64. The number of anilines is 1. The van der Waals surface area contributed by atoms with E-state index in [9.17, 15) is 66.3 Å². The van der Waals surface area contributed by atoms with Crippen LogP contribution in [-0.2, 0) is 72.1 Å². The molecule has 3 heterocycles. The number of amides is 3. The number of imide groups is 1. The average molecular weight is 1080 g/mol. The fourth-order valence-corrected chi connectivity index (χ4v) is 13.2. The van der Waals surface area contributed by atoms with E-state index in [4.69, 9.17) is 4.74 Å². The first-order valence-electron chi connectivity index (χ1n) is 23.2. The van der Waals surface area contributed by atoms with Gasteiger partial charge in [0.2, 0.25) is 11.6 Å². The summed E-state index contributed by atoms with van der Waals surface area (Å²) in [6.07, 6.45) is 6.22. The van der Waals surface area contributed by atoms with E-state index in [1.165, 1.54) is 42.5 Å². The molecule has 73 heavy (non-hydrogen) atoms. The van der Waals surface area contributed by atoms with Crippen LogP contribution in [0.25, 0.3) is 0 Å². The van der Waals surface area contributed by atoms with E-state index in [2.05, 4.69) is 11.4 Å².